The summed E-state index contributed by atoms with van der Waals surface area (Å²) in [4.78, 5) is 15.7. The van der Waals surface area contributed by atoms with Gasteiger partial charge in [0.2, 0.25) is 0 Å². The zero-order chi connectivity index (χ0) is 19.5. The summed E-state index contributed by atoms with van der Waals surface area (Å²) in [6.45, 7) is 3.92. The largest absolute Gasteiger partial charge is 0.341 e. The maximum Gasteiger partial charge on any atom is 0.121 e. The van der Waals surface area contributed by atoms with Crippen LogP contribution in [0.2, 0.25) is 0 Å². The molecule has 1 saturated heterocycles. The summed E-state index contributed by atoms with van der Waals surface area (Å²) in [6, 6.07) is 13.0. The van der Waals surface area contributed by atoms with E-state index in [-0.39, 0.29) is 0 Å². The van der Waals surface area contributed by atoms with E-state index in [4.69, 9.17) is 9.97 Å². The van der Waals surface area contributed by atoms with Gasteiger partial charge in [0.1, 0.15) is 5.82 Å². The molecular weight excluding hydrogens is 358 g/mol. The van der Waals surface area contributed by atoms with Gasteiger partial charge in [0.15, 0.2) is 0 Å². The highest BCUT2D eigenvalue weighted by Gasteiger charge is 2.27. The molecule has 0 amide bonds. The van der Waals surface area contributed by atoms with Gasteiger partial charge in [0.05, 0.1) is 29.3 Å². The van der Waals surface area contributed by atoms with E-state index >= 15 is 0 Å². The van der Waals surface area contributed by atoms with Crippen LogP contribution in [0.4, 0.5) is 0 Å². The van der Waals surface area contributed by atoms with Crippen molar-refractivity contribution < 1.29 is 0 Å². The lowest BCUT2D eigenvalue weighted by Crippen LogP contribution is -2.33. The quantitative estimate of drug-likeness (QED) is 0.646. The normalized spacial score (nSPS) is 21.0. The number of imidazole rings is 1. The van der Waals surface area contributed by atoms with Crippen LogP contribution in [0.3, 0.4) is 0 Å². The number of nitrogens with one attached hydrogen (secondary N) is 2. The number of rotatable bonds is 5. The molecule has 3 heterocycles. The zero-order valence-corrected chi connectivity index (χ0v) is 16.9. The molecule has 0 radical (unpaired) electrons. The average Bonchev–Trinajstić information content (AvgIpc) is 3.19. The van der Waals surface area contributed by atoms with Gasteiger partial charge in [-0.15, -0.1) is 0 Å². The van der Waals surface area contributed by atoms with Gasteiger partial charge in [0.25, 0.3) is 0 Å². The number of fused-ring (bicyclic) bond motifs is 2. The molecule has 1 aliphatic carbocycles. The minimum Gasteiger partial charge on any atom is -0.341 e. The molecule has 0 saturated carbocycles. The van der Waals surface area contributed by atoms with Crippen LogP contribution in [0.25, 0.3) is 11.0 Å². The monoisotopic (exact) mass is 387 g/mol. The zero-order valence-electron chi connectivity index (χ0n) is 16.9. The van der Waals surface area contributed by atoms with Crippen molar-refractivity contribution in [3.63, 3.8) is 0 Å². The lowest BCUT2D eigenvalue weighted by Gasteiger charge is -2.34. The van der Waals surface area contributed by atoms with Gasteiger partial charge in [-0.1, -0.05) is 29.8 Å². The fourth-order valence-corrected chi connectivity index (χ4v) is 4.71. The molecule has 2 N–H and O–H groups in total. The van der Waals surface area contributed by atoms with E-state index in [2.05, 4.69) is 51.6 Å². The molecule has 3 aromatic rings. The van der Waals surface area contributed by atoms with Gasteiger partial charge < -0.3 is 10.3 Å². The molecule has 5 heteroatoms. The number of benzene rings is 1. The SMILES string of the molecule is C(/CN(Cc1nc2ccccc2[nH]1)[C@H]1CCCc2cccnc21)=C1\CCCNC1. The van der Waals surface area contributed by atoms with Crippen LogP contribution < -0.4 is 5.32 Å². The number of hydrogen-bond donors (Lipinski definition) is 2. The highest BCUT2D eigenvalue weighted by atomic mass is 15.2. The molecular formula is C24H29N5. The predicted molar refractivity (Wildman–Crippen MR) is 117 cm³/mol. The van der Waals surface area contributed by atoms with E-state index in [1.165, 1.54) is 36.1 Å². The third-order valence-corrected chi connectivity index (χ3v) is 6.22. The Morgan fingerprint density at radius 3 is 2.97 bits per heavy atom. The average molecular weight is 388 g/mol. The summed E-state index contributed by atoms with van der Waals surface area (Å²) in [5.74, 6) is 1.04. The van der Waals surface area contributed by atoms with Crippen LogP contribution in [0.15, 0.2) is 54.2 Å². The Kier molecular flexibility index (Phi) is 5.41. The Balaban J connectivity index is 1.44. The predicted octanol–water partition coefficient (Wildman–Crippen LogP) is 4.15. The Bertz CT molecular complexity index is 964. The first-order valence-electron chi connectivity index (χ1n) is 10.9. The van der Waals surface area contributed by atoms with Crippen LogP contribution in [-0.4, -0.2) is 39.5 Å². The summed E-state index contributed by atoms with van der Waals surface area (Å²) in [7, 11) is 0. The van der Waals surface area contributed by atoms with Crippen LogP contribution in [-0.2, 0) is 13.0 Å². The van der Waals surface area contributed by atoms with Crippen molar-refractivity contribution in [2.24, 2.45) is 0 Å². The minimum atomic E-state index is 0.349. The van der Waals surface area contributed by atoms with Gasteiger partial charge in [-0.3, -0.25) is 9.88 Å². The standard InChI is InChI=1S/C24H29N5/c1-2-10-21-20(9-1)27-23(28-21)17-29(15-12-18-6-4-13-25-16-18)22-11-3-7-19-8-5-14-26-24(19)22/h1-2,5,8-10,12,14,22,25H,3-4,6-7,11,13,15-17H2,(H,27,28)/b18-12-/t22-/m0/s1. The lowest BCUT2D eigenvalue weighted by atomic mass is 9.90. The van der Waals surface area contributed by atoms with Crippen LogP contribution in [0.5, 0.6) is 0 Å². The number of aromatic nitrogens is 3. The Labute approximate surface area is 172 Å². The Morgan fingerprint density at radius 2 is 2.07 bits per heavy atom. The fraction of sp³-hybridized carbons (Fsp3) is 0.417. The molecule has 0 bridgehead atoms. The van der Waals surface area contributed by atoms with Crippen LogP contribution in [0.1, 0.15) is 48.8 Å². The third kappa shape index (κ3) is 4.11. The molecule has 150 valence electrons. The van der Waals surface area contributed by atoms with Gasteiger partial charge in [-0.25, -0.2) is 4.98 Å². The van der Waals surface area contributed by atoms with E-state index in [0.717, 1.165) is 55.9 Å². The maximum absolute atomic E-state index is 4.85. The number of H-pyrrole nitrogens is 1. The number of hydrogen-bond acceptors (Lipinski definition) is 4. The molecule has 2 aliphatic rings. The maximum atomic E-state index is 4.85. The van der Waals surface area contributed by atoms with Gasteiger partial charge in [-0.05, 0) is 62.4 Å². The molecule has 0 spiro atoms. The lowest BCUT2D eigenvalue weighted by molar-refractivity contribution is 0.181. The molecule has 29 heavy (non-hydrogen) atoms. The first kappa shape index (κ1) is 18.5. The third-order valence-electron chi connectivity index (χ3n) is 6.22. The molecule has 1 aliphatic heterocycles. The van der Waals surface area contributed by atoms with Crippen molar-refractivity contribution in [3.05, 3.63) is 71.3 Å². The second kappa shape index (κ2) is 8.47. The highest BCUT2D eigenvalue weighted by Crippen LogP contribution is 2.33. The van der Waals surface area contributed by atoms with E-state index in [9.17, 15) is 0 Å². The topological polar surface area (TPSA) is 56.8 Å². The number of pyridine rings is 1. The van der Waals surface area contributed by atoms with Crippen molar-refractivity contribution >= 4 is 11.0 Å². The van der Waals surface area contributed by atoms with Crippen molar-refractivity contribution in [2.45, 2.75) is 44.7 Å². The molecule has 0 unspecified atom stereocenters. The van der Waals surface area contributed by atoms with Crippen molar-refractivity contribution in [2.75, 3.05) is 19.6 Å². The Morgan fingerprint density at radius 1 is 1.10 bits per heavy atom. The second-order valence-electron chi connectivity index (χ2n) is 8.23. The smallest absolute Gasteiger partial charge is 0.121 e. The minimum absolute atomic E-state index is 0.349. The number of piperidine rings is 1. The summed E-state index contributed by atoms with van der Waals surface area (Å²) in [6.07, 6.45) is 10.4. The molecule has 1 fully saturated rings. The molecule has 1 aromatic carbocycles. The number of para-hydroxylation sites is 2. The number of aromatic amines is 1. The number of aryl methyl sites for hydroxylation is 1. The van der Waals surface area contributed by atoms with Crippen molar-refractivity contribution in [3.8, 4) is 0 Å². The van der Waals surface area contributed by atoms with E-state index in [0.29, 0.717) is 6.04 Å². The first-order chi connectivity index (χ1) is 14.4. The summed E-state index contributed by atoms with van der Waals surface area (Å²) in [5, 5.41) is 3.50. The molecule has 2 aromatic heterocycles. The van der Waals surface area contributed by atoms with E-state index in [1.54, 1.807) is 0 Å². The van der Waals surface area contributed by atoms with Crippen molar-refractivity contribution in [1.29, 1.82) is 0 Å². The van der Waals surface area contributed by atoms with Crippen LogP contribution in [0, 0.1) is 0 Å². The fourth-order valence-electron chi connectivity index (χ4n) is 4.71. The van der Waals surface area contributed by atoms with Crippen molar-refractivity contribution in [1.82, 2.24) is 25.2 Å². The van der Waals surface area contributed by atoms with E-state index < -0.39 is 0 Å². The summed E-state index contributed by atoms with van der Waals surface area (Å²) < 4.78 is 0. The highest BCUT2D eigenvalue weighted by molar-refractivity contribution is 5.74. The molecule has 5 nitrogen and oxygen atoms in total. The summed E-state index contributed by atoms with van der Waals surface area (Å²) in [5.41, 5.74) is 6.35. The molecule has 1 atom stereocenters. The van der Waals surface area contributed by atoms with Crippen LogP contribution >= 0.6 is 0 Å². The number of nitrogens with zero attached hydrogens (tertiary/aromatic N) is 3. The Hall–Kier alpha value is -2.50. The first-order valence-corrected chi connectivity index (χ1v) is 10.9. The second-order valence-corrected chi connectivity index (χ2v) is 8.23. The van der Waals surface area contributed by atoms with Gasteiger partial charge in [-0.2, -0.15) is 0 Å². The van der Waals surface area contributed by atoms with E-state index in [1.807, 2.05) is 12.3 Å². The molecule has 5 rings (SSSR count). The van der Waals surface area contributed by atoms with Gasteiger partial charge in [0, 0.05) is 19.3 Å². The van der Waals surface area contributed by atoms with Gasteiger partial charge >= 0.3 is 0 Å². The summed E-state index contributed by atoms with van der Waals surface area (Å²) >= 11 is 0.